The van der Waals surface area contributed by atoms with Crippen LogP contribution in [0.15, 0.2) is 22.7 Å². The minimum absolute atomic E-state index is 0.160. The lowest BCUT2D eigenvalue weighted by Crippen LogP contribution is -1.86. The number of methoxy groups -OCH3 is 1. The number of rotatable bonds is 3. The van der Waals surface area contributed by atoms with Crippen LogP contribution in [0.3, 0.4) is 0 Å². The van der Waals surface area contributed by atoms with Crippen molar-refractivity contribution in [2.45, 2.75) is 0 Å². The summed E-state index contributed by atoms with van der Waals surface area (Å²) in [7, 11) is 1.53. The first-order valence-corrected chi connectivity index (χ1v) is 5.89. The van der Waals surface area contributed by atoms with E-state index in [2.05, 4.69) is 31.9 Å². The molecule has 14 heavy (non-hydrogen) atoms. The lowest BCUT2D eigenvalue weighted by molar-refractivity contribution is 0.372. The van der Waals surface area contributed by atoms with Gasteiger partial charge in [0.05, 0.1) is 7.11 Å². The maximum atomic E-state index is 9.73. The minimum atomic E-state index is 0.160. The Morgan fingerprint density at radius 1 is 1.50 bits per heavy atom. The molecule has 2 nitrogen and oxygen atoms in total. The normalized spacial score (nSPS) is 10.8. The predicted octanol–water partition coefficient (Wildman–Crippen LogP) is 3.57. The van der Waals surface area contributed by atoms with Crippen molar-refractivity contribution < 1.29 is 9.84 Å². The Labute approximate surface area is 99.8 Å². The molecule has 0 unspecified atom stereocenters. The third-order valence-electron chi connectivity index (χ3n) is 1.68. The number of phenolic OH excluding ortho intramolecular Hbond substituents is 1. The van der Waals surface area contributed by atoms with Crippen molar-refractivity contribution in [3.8, 4) is 11.5 Å². The van der Waals surface area contributed by atoms with Crippen LogP contribution in [-0.4, -0.2) is 17.5 Å². The molecule has 0 aromatic heterocycles. The van der Waals surface area contributed by atoms with Crippen molar-refractivity contribution in [3.63, 3.8) is 0 Å². The van der Waals surface area contributed by atoms with Crippen LogP contribution in [0.4, 0.5) is 0 Å². The summed E-state index contributed by atoms with van der Waals surface area (Å²) in [5.74, 6) is 0.626. The smallest absolute Gasteiger partial charge is 0.165 e. The van der Waals surface area contributed by atoms with E-state index in [1.54, 1.807) is 6.07 Å². The zero-order chi connectivity index (χ0) is 10.6. The van der Waals surface area contributed by atoms with Crippen LogP contribution in [0.25, 0.3) is 6.08 Å². The second-order valence-corrected chi connectivity index (χ2v) is 4.17. The molecular weight excluding hydrogens is 312 g/mol. The number of hydrogen-bond donors (Lipinski definition) is 1. The number of hydrogen-bond acceptors (Lipinski definition) is 2. The molecular formula is C10H10Br2O2. The molecule has 0 atom stereocenters. The van der Waals surface area contributed by atoms with E-state index >= 15 is 0 Å². The van der Waals surface area contributed by atoms with Crippen LogP contribution in [-0.2, 0) is 0 Å². The van der Waals surface area contributed by atoms with Gasteiger partial charge >= 0.3 is 0 Å². The highest BCUT2D eigenvalue weighted by molar-refractivity contribution is 9.10. The van der Waals surface area contributed by atoms with Gasteiger partial charge in [0.15, 0.2) is 11.5 Å². The molecule has 0 aliphatic carbocycles. The zero-order valence-electron chi connectivity index (χ0n) is 7.63. The molecule has 0 saturated carbocycles. The van der Waals surface area contributed by atoms with E-state index in [0.717, 1.165) is 15.4 Å². The van der Waals surface area contributed by atoms with Gasteiger partial charge in [-0.1, -0.05) is 44.0 Å². The molecule has 0 radical (unpaired) electrons. The highest BCUT2D eigenvalue weighted by atomic mass is 79.9. The van der Waals surface area contributed by atoms with Gasteiger partial charge in [-0.25, -0.2) is 0 Å². The van der Waals surface area contributed by atoms with Gasteiger partial charge in [0.25, 0.3) is 0 Å². The summed E-state index contributed by atoms with van der Waals surface area (Å²) in [6, 6.07) is 3.55. The molecule has 0 heterocycles. The predicted molar refractivity (Wildman–Crippen MR) is 65.2 cm³/mol. The van der Waals surface area contributed by atoms with E-state index < -0.39 is 0 Å². The summed E-state index contributed by atoms with van der Waals surface area (Å²) in [6.07, 6.45) is 3.73. The quantitative estimate of drug-likeness (QED) is 0.862. The Morgan fingerprint density at radius 3 is 2.79 bits per heavy atom. The van der Waals surface area contributed by atoms with Crippen molar-refractivity contribution >= 4 is 37.9 Å². The molecule has 4 heteroatoms. The van der Waals surface area contributed by atoms with Crippen LogP contribution in [0.5, 0.6) is 11.5 Å². The molecule has 0 bridgehead atoms. The first kappa shape index (κ1) is 11.6. The largest absolute Gasteiger partial charge is 0.504 e. The van der Waals surface area contributed by atoms with E-state index in [4.69, 9.17) is 4.74 Å². The van der Waals surface area contributed by atoms with Crippen LogP contribution >= 0.6 is 31.9 Å². The van der Waals surface area contributed by atoms with Crippen molar-refractivity contribution in [1.29, 1.82) is 0 Å². The molecule has 1 rings (SSSR count). The number of alkyl halides is 1. The molecule has 0 spiro atoms. The van der Waals surface area contributed by atoms with Gasteiger partial charge in [0.2, 0.25) is 0 Å². The van der Waals surface area contributed by atoms with E-state index in [-0.39, 0.29) is 5.75 Å². The van der Waals surface area contributed by atoms with Crippen molar-refractivity contribution in [2.75, 3.05) is 12.4 Å². The molecule has 0 aliphatic heterocycles. The van der Waals surface area contributed by atoms with Gasteiger partial charge in [-0.05, 0) is 12.1 Å². The average molecular weight is 322 g/mol. The van der Waals surface area contributed by atoms with Gasteiger partial charge in [0.1, 0.15) is 0 Å². The third-order valence-corrected chi connectivity index (χ3v) is 2.51. The van der Waals surface area contributed by atoms with Gasteiger partial charge in [0, 0.05) is 15.4 Å². The maximum absolute atomic E-state index is 9.73. The van der Waals surface area contributed by atoms with Gasteiger partial charge in [-0.3, -0.25) is 0 Å². The number of ether oxygens (including phenoxy) is 1. The summed E-state index contributed by atoms with van der Waals surface area (Å²) in [4.78, 5) is 0. The fourth-order valence-electron chi connectivity index (χ4n) is 1.05. The standard InChI is InChI=1S/C10H10Br2O2/c1-14-9-6-8(12)5-7(10(9)13)3-2-4-11/h2-3,5-6,13H,4H2,1H3. The number of phenols is 1. The molecule has 1 aromatic rings. The molecule has 1 N–H and O–H groups in total. The van der Waals surface area contributed by atoms with E-state index in [0.29, 0.717) is 5.75 Å². The molecule has 0 saturated heterocycles. The molecule has 0 fully saturated rings. The highest BCUT2D eigenvalue weighted by Crippen LogP contribution is 2.34. The van der Waals surface area contributed by atoms with E-state index in [1.807, 2.05) is 18.2 Å². The topological polar surface area (TPSA) is 29.5 Å². The average Bonchev–Trinajstić information content (AvgIpc) is 2.18. The third kappa shape index (κ3) is 2.75. The van der Waals surface area contributed by atoms with E-state index in [9.17, 15) is 5.11 Å². The Balaban J connectivity index is 3.15. The number of halogens is 2. The minimum Gasteiger partial charge on any atom is -0.504 e. The molecule has 0 aliphatic rings. The van der Waals surface area contributed by atoms with Gasteiger partial charge < -0.3 is 9.84 Å². The molecule has 0 amide bonds. The fraction of sp³-hybridized carbons (Fsp3) is 0.200. The van der Waals surface area contributed by atoms with Gasteiger partial charge in [-0.15, -0.1) is 0 Å². The SMILES string of the molecule is COc1cc(Br)cc(C=CCBr)c1O. The zero-order valence-corrected chi connectivity index (χ0v) is 10.8. The second kappa shape index (κ2) is 5.41. The second-order valence-electron chi connectivity index (χ2n) is 2.60. The Hall–Kier alpha value is -0.480. The summed E-state index contributed by atoms with van der Waals surface area (Å²) in [6.45, 7) is 0. The number of allylic oxidation sites excluding steroid dienone is 1. The first-order valence-electron chi connectivity index (χ1n) is 3.98. The van der Waals surface area contributed by atoms with E-state index in [1.165, 1.54) is 7.11 Å². The lowest BCUT2D eigenvalue weighted by atomic mass is 10.2. The summed E-state index contributed by atoms with van der Waals surface area (Å²) < 4.78 is 5.90. The highest BCUT2D eigenvalue weighted by Gasteiger charge is 2.06. The first-order chi connectivity index (χ1) is 6.69. The summed E-state index contributed by atoms with van der Waals surface area (Å²) in [5.41, 5.74) is 0.732. The lowest BCUT2D eigenvalue weighted by Gasteiger charge is -2.06. The molecule has 76 valence electrons. The van der Waals surface area contributed by atoms with Gasteiger partial charge in [-0.2, -0.15) is 0 Å². The maximum Gasteiger partial charge on any atom is 0.165 e. The van der Waals surface area contributed by atoms with Crippen LogP contribution in [0, 0.1) is 0 Å². The van der Waals surface area contributed by atoms with Crippen molar-refractivity contribution in [2.24, 2.45) is 0 Å². The number of aromatic hydroxyl groups is 1. The summed E-state index contributed by atoms with van der Waals surface area (Å²) in [5, 5.41) is 10.5. The Bertz CT molecular complexity index is 348. The van der Waals surface area contributed by atoms with Crippen LogP contribution in [0.2, 0.25) is 0 Å². The monoisotopic (exact) mass is 320 g/mol. The Morgan fingerprint density at radius 2 is 2.21 bits per heavy atom. The van der Waals surface area contributed by atoms with Crippen LogP contribution in [0.1, 0.15) is 5.56 Å². The molecule has 1 aromatic carbocycles. The van der Waals surface area contributed by atoms with Crippen LogP contribution < -0.4 is 4.74 Å². The fourth-order valence-corrected chi connectivity index (χ4v) is 1.69. The Kier molecular flexibility index (Phi) is 4.48. The van der Waals surface area contributed by atoms with Crippen molar-refractivity contribution in [3.05, 3.63) is 28.2 Å². The summed E-state index contributed by atoms with van der Waals surface area (Å²) >= 11 is 6.62. The van der Waals surface area contributed by atoms with Crippen molar-refractivity contribution in [1.82, 2.24) is 0 Å². The number of benzene rings is 1.